The van der Waals surface area contributed by atoms with Gasteiger partial charge in [0, 0.05) is 16.3 Å². The lowest BCUT2D eigenvalue weighted by Crippen LogP contribution is -2.30. The van der Waals surface area contributed by atoms with Crippen LogP contribution in [-0.2, 0) is 4.79 Å². The van der Waals surface area contributed by atoms with Crippen LogP contribution in [0.4, 0.5) is 0 Å². The fraction of sp³-hybridized carbons (Fsp3) is 0.312. The maximum absolute atomic E-state index is 12.3. The predicted molar refractivity (Wildman–Crippen MR) is 90.1 cm³/mol. The van der Waals surface area contributed by atoms with E-state index in [9.17, 15) is 9.59 Å². The van der Waals surface area contributed by atoms with Crippen LogP contribution in [0.5, 0.6) is 0 Å². The topological polar surface area (TPSA) is 79.3 Å². The summed E-state index contributed by atoms with van der Waals surface area (Å²) in [5, 5.41) is 14.9. The molecule has 7 heteroatoms. The van der Waals surface area contributed by atoms with Crippen LogP contribution >= 0.6 is 22.9 Å². The fourth-order valence-electron chi connectivity index (χ4n) is 2.01. The summed E-state index contributed by atoms with van der Waals surface area (Å²) in [5.74, 6) is -1.13. The lowest BCUT2D eigenvalue weighted by Gasteiger charge is -2.17. The van der Waals surface area contributed by atoms with Crippen LogP contribution in [0.15, 0.2) is 29.6 Å². The minimum atomic E-state index is -0.994. The number of thiazole rings is 1. The van der Waals surface area contributed by atoms with Gasteiger partial charge in [-0.3, -0.25) is 9.59 Å². The van der Waals surface area contributed by atoms with Gasteiger partial charge in [-0.15, -0.1) is 11.3 Å². The van der Waals surface area contributed by atoms with Crippen molar-refractivity contribution in [1.29, 1.82) is 0 Å². The predicted octanol–water partition coefficient (Wildman–Crippen LogP) is 3.87. The van der Waals surface area contributed by atoms with Crippen LogP contribution < -0.4 is 5.32 Å². The number of benzene rings is 1. The van der Waals surface area contributed by atoms with Gasteiger partial charge in [-0.1, -0.05) is 37.6 Å². The Balaban J connectivity index is 2.17. The van der Waals surface area contributed by atoms with E-state index >= 15 is 0 Å². The molecule has 0 saturated heterocycles. The van der Waals surface area contributed by atoms with Crippen LogP contribution in [0, 0.1) is 0 Å². The first-order chi connectivity index (χ1) is 10.9. The van der Waals surface area contributed by atoms with E-state index in [0.29, 0.717) is 16.3 Å². The summed E-state index contributed by atoms with van der Waals surface area (Å²) in [6.07, 6.45) is -0.214. The van der Waals surface area contributed by atoms with E-state index in [-0.39, 0.29) is 18.2 Å². The number of amides is 1. The third-order valence-electron chi connectivity index (χ3n) is 3.20. The molecule has 0 fully saturated rings. The Morgan fingerprint density at radius 3 is 2.48 bits per heavy atom. The molecule has 0 aliphatic heterocycles. The Kier molecular flexibility index (Phi) is 5.74. The average molecular weight is 353 g/mol. The van der Waals surface area contributed by atoms with Crippen LogP contribution in [0.25, 0.3) is 0 Å². The normalized spacial score (nSPS) is 12.2. The first-order valence-corrected chi connectivity index (χ1v) is 8.36. The number of carbonyl (C=O) groups excluding carboxylic acids is 1. The van der Waals surface area contributed by atoms with Crippen molar-refractivity contribution in [3.63, 3.8) is 0 Å². The number of aliphatic carboxylic acids is 1. The van der Waals surface area contributed by atoms with Gasteiger partial charge in [-0.2, -0.15) is 0 Å². The molecule has 2 N–H and O–H groups in total. The number of hydrogen-bond donors (Lipinski definition) is 2. The zero-order valence-electron chi connectivity index (χ0n) is 12.7. The number of aromatic nitrogens is 1. The Bertz CT molecular complexity index is 698. The molecule has 122 valence electrons. The zero-order chi connectivity index (χ0) is 17.0. The maximum Gasteiger partial charge on any atom is 0.305 e. The number of carboxylic acids is 1. The summed E-state index contributed by atoms with van der Waals surface area (Å²) in [5.41, 5.74) is 0.993. The quantitative estimate of drug-likeness (QED) is 0.827. The third kappa shape index (κ3) is 4.77. The van der Waals surface area contributed by atoms with Gasteiger partial charge in [-0.25, -0.2) is 4.98 Å². The highest BCUT2D eigenvalue weighted by Crippen LogP contribution is 2.22. The lowest BCUT2D eigenvalue weighted by molar-refractivity contribution is -0.137. The molecule has 0 spiro atoms. The average Bonchev–Trinajstić information content (AvgIpc) is 2.97. The van der Waals surface area contributed by atoms with Gasteiger partial charge in [0.05, 0.1) is 17.5 Å². The number of halogens is 1. The summed E-state index contributed by atoms with van der Waals surface area (Å²) in [6.45, 7) is 4.00. The molecule has 1 atom stereocenters. The number of nitrogens with one attached hydrogen (secondary N) is 1. The lowest BCUT2D eigenvalue weighted by atomic mass is 10.0. The Hall–Kier alpha value is -1.92. The van der Waals surface area contributed by atoms with E-state index < -0.39 is 12.0 Å². The summed E-state index contributed by atoms with van der Waals surface area (Å²) in [7, 11) is 0. The van der Waals surface area contributed by atoms with Crippen LogP contribution in [0.1, 0.15) is 53.3 Å². The molecule has 1 aromatic carbocycles. The van der Waals surface area contributed by atoms with E-state index in [1.807, 2.05) is 13.8 Å². The molecule has 0 saturated carbocycles. The SMILES string of the molecule is CC(C)c1nc(C(=O)N[C@@H](CC(=O)O)c2ccc(Cl)cc2)cs1. The Labute approximate surface area is 143 Å². The van der Waals surface area contributed by atoms with Crippen molar-refractivity contribution < 1.29 is 14.7 Å². The van der Waals surface area contributed by atoms with E-state index in [1.165, 1.54) is 11.3 Å². The van der Waals surface area contributed by atoms with Gasteiger partial charge in [0.15, 0.2) is 0 Å². The molecule has 23 heavy (non-hydrogen) atoms. The Morgan fingerprint density at radius 1 is 1.30 bits per heavy atom. The summed E-state index contributed by atoms with van der Waals surface area (Å²) in [6, 6.07) is 6.10. The van der Waals surface area contributed by atoms with E-state index in [1.54, 1.807) is 29.6 Å². The first kappa shape index (κ1) is 17.4. The highest BCUT2D eigenvalue weighted by molar-refractivity contribution is 7.09. The molecule has 0 unspecified atom stereocenters. The summed E-state index contributed by atoms with van der Waals surface area (Å²) < 4.78 is 0. The molecule has 2 aromatic rings. The molecule has 1 heterocycles. The van der Waals surface area contributed by atoms with Gasteiger partial charge in [0.1, 0.15) is 5.69 Å². The molecule has 1 aromatic heterocycles. The molecule has 0 radical (unpaired) electrons. The Morgan fingerprint density at radius 2 is 1.96 bits per heavy atom. The second-order valence-corrected chi connectivity index (χ2v) is 6.73. The molecule has 0 aliphatic carbocycles. The standard InChI is InChI=1S/C16H17ClN2O3S/c1-9(2)16-19-13(8-23-16)15(22)18-12(7-14(20)21)10-3-5-11(17)6-4-10/h3-6,8-9,12H,7H2,1-2H3,(H,18,22)(H,20,21)/t12-/m0/s1. The van der Waals surface area contributed by atoms with Gasteiger partial charge >= 0.3 is 5.97 Å². The fourth-order valence-corrected chi connectivity index (χ4v) is 2.95. The number of carbonyl (C=O) groups is 2. The second-order valence-electron chi connectivity index (χ2n) is 5.40. The molecule has 2 rings (SSSR count). The first-order valence-electron chi connectivity index (χ1n) is 7.10. The van der Waals surface area contributed by atoms with Crippen molar-refractivity contribution in [2.24, 2.45) is 0 Å². The summed E-state index contributed by atoms with van der Waals surface area (Å²) in [4.78, 5) is 27.7. The zero-order valence-corrected chi connectivity index (χ0v) is 14.3. The third-order valence-corrected chi connectivity index (χ3v) is 4.60. The van der Waals surface area contributed by atoms with E-state index in [4.69, 9.17) is 16.7 Å². The minimum absolute atomic E-state index is 0.214. The van der Waals surface area contributed by atoms with Crippen molar-refractivity contribution in [2.45, 2.75) is 32.2 Å². The van der Waals surface area contributed by atoms with Crippen molar-refractivity contribution in [1.82, 2.24) is 10.3 Å². The van der Waals surface area contributed by atoms with E-state index in [0.717, 1.165) is 5.01 Å². The highest BCUT2D eigenvalue weighted by atomic mass is 35.5. The maximum atomic E-state index is 12.3. The number of hydrogen-bond acceptors (Lipinski definition) is 4. The van der Waals surface area contributed by atoms with Crippen molar-refractivity contribution in [3.8, 4) is 0 Å². The largest absolute Gasteiger partial charge is 0.481 e. The van der Waals surface area contributed by atoms with Crippen LogP contribution in [0.2, 0.25) is 5.02 Å². The molecule has 5 nitrogen and oxygen atoms in total. The van der Waals surface area contributed by atoms with Gasteiger partial charge in [0.2, 0.25) is 0 Å². The molecular formula is C16H17ClN2O3S. The molecule has 1 amide bonds. The van der Waals surface area contributed by atoms with E-state index in [2.05, 4.69) is 10.3 Å². The number of rotatable bonds is 6. The molecule has 0 aliphatic rings. The highest BCUT2D eigenvalue weighted by Gasteiger charge is 2.20. The van der Waals surface area contributed by atoms with Crippen molar-refractivity contribution in [3.05, 3.63) is 50.9 Å². The number of nitrogens with zero attached hydrogens (tertiary/aromatic N) is 1. The van der Waals surface area contributed by atoms with Gasteiger partial charge in [0.25, 0.3) is 5.91 Å². The van der Waals surface area contributed by atoms with Gasteiger partial charge < -0.3 is 10.4 Å². The van der Waals surface area contributed by atoms with Crippen LogP contribution in [-0.4, -0.2) is 22.0 Å². The van der Waals surface area contributed by atoms with Gasteiger partial charge in [-0.05, 0) is 17.7 Å². The van der Waals surface area contributed by atoms with Crippen molar-refractivity contribution in [2.75, 3.05) is 0 Å². The summed E-state index contributed by atoms with van der Waals surface area (Å²) >= 11 is 7.26. The van der Waals surface area contributed by atoms with Crippen molar-refractivity contribution >= 4 is 34.8 Å². The second kappa shape index (κ2) is 7.57. The molecular weight excluding hydrogens is 336 g/mol. The minimum Gasteiger partial charge on any atom is -0.481 e. The monoisotopic (exact) mass is 352 g/mol. The smallest absolute Gasteiger partial charge is 0.305 e. The molecule has 0 bridgehead atoms. The van der Waals surface area contributed by atoms with Crippen LogP contribution in [0.3, 0.4) is 0 Å². The number of carboxylic acid groups (broad SMARTS) is 1.